The first-order chi connectivity index (χ1) is 7.54. The van der Waals surface area contributed by atoms with Crippen LogP contribution in [0.5, 0.6) is 0 Å². The van der Waals surface area contributed by atoms with Gasteiger partial charge in [0, 0.05) is 17.7 Å². The Hall–Kier alpha value is -1.63. The normalized spacial score (nSPS) is 10.6. The Morgan fingerprint density at radius 2 is 1.94 bits per heavy atom. The molecule has 0 saturated heterocycles. The molecule has 0 aliphatic carbocycles. The summed E-state index contributed by atoms with van der Waals surface area (Å²) in [6.45, 7) is 8.59. The van der Waals surface area contributed by atoms with E-state index in [1.807, 2.05) is 12.1 Å². The third-order valence-corrected chi connectivity index (χ3v) is 2.22. The fraction of sp³-hybridized carbons (Fsp3) is 0.583. The maximum atomic E-state index is 8.53. The van der Waals surface area contributed by atoms with E-state index in [-0.39, 0.29) is 6.54 Å². The molecule has 0 radical (unpaired) electrons. The van der Waals surface area contributed by atoms with Gasteiger partial charge in [-0.3, -0.25) is 0 Å². The van der Waals surface area contributed by atoms with E-state index in [1.54, 1.807) is 0 Å². The zero-order chi connectivity index (χ0) is 12.1. The van der Waals surface area contributed by atoms with Crippen LogP contribution >= 0.6 is 0 Å². The number of aromatic nitrogens is 2. The van der Waals surface area contributed by atoms with Crippen LogP contribution in [-0.4, -0.2) is 16.5 Å². The summed E-state index contributed by atoms with van der Waals surface area (Å²) in [6, 6.07) is 3.95. The topological polar surface area (TPSA) is 61.6 Å². The Labute approximate surface area is 96.7 Å². The summed E-state index contributed by atoms with van der Waals surface area (Å²) in [5.74, 6) is 2.22. The van der Waals surface area contributed by atoms with Gasteiger partial charge in [-0.2, -0.15) is 5.26 Å². The molecular formula is C12H18N4. The molecule has 0 atom stereocenters. The van der Waals surface area contributed by atoms with Gasteiger partial charge in [0.2, 0.25) is 0 Å². The molecule has 0 unspecified atom stereocenters. The van der Waals surface area contributed by atoms with Crippen LogP contribution in [0.15, 0.2) is 6.07 Å². The molecular weight excluding hydrogens is 200 g/mol. The van der Waals surface area contributed by atoms with E-state index in [9.17, 15) is 0 Å². The second-order valence-corrected chi connectivity index (χ2v) is 4.36. The average Bonchev–Trinajstić information content (AvgIpc) is 2.25. The molecule has 1 aromatic heterocycles. The van der Waals surface area contributed by atoms with Crippen LogP contribution in [0.25, 0.3) is 0 Å². The number of rotatable bonds is 4. The predicted octanol–water partition coefficient (Wildman–Crippen LogP) is 2.66. The SMILES string of the molecule is CC(C)c1cc(NCC#N)nc(C(C)C)n1. The molecule has 0 aromatic carbocycles. The van der Waals surface area contributed by atoms with Crippen molar-refractivity contribution < 1.29 is 0 Å². The highest BCUT2D eigenvalue weighted by atomic mass is 15.0. The quantitative estimate of drug-likeness (QED) is 0.789. The smallest absolute Gasteiger partial charge is 0.133 e. The van der Waals surface area contributed by atoms with Gasteiger partial charge in [-0.15, -0.1) is 0 Å². The van der Waals surface area contributed by atoms with E-state index < -0.39 is 0 Å². The maximum absolute atomic E-state index is 8.53. The fourth-order valence-corrected chi connectivity index (χ4v) is 1.26. The van der Waals surface area contributed by atoms with Crippen LogP contribution in [0, 0.1) is 11.3 Å². The minimum atomic E-state index is 0.270. The van der Waals surface area contributed by atoms with Crippen molar-refractivity contribution in [1.29, 1.82) is 5.26 Å². The average molecular weight is 218 g/mol. The first-order valence-corrected chi connectivity index (χ1v) is 5.54. The van der Waals surface area contributed by atoms with Crippen LogP contribution in [0.3, 0.4) is 0 Å². The van der Waals surface area contributed by atoms with Crippen LogP contribution in [0.4, 0.5) is 5.82 Å². The Bertz CT molecular complexity index is 364. The van der Waals surface area contributed by atoms with Gasteiger partial charge in [-0.25, -0.2) is 9.97 Å². The summed E-state index contributed by atoms with van der Waals surface area (Å²) in [5, 5.41) is 11.5. The molecule has 0 spiro atoms. The first-order valence-electron chi connectivity index (χ1n) is 5.54. The van der Waals surface area contributed by atoms with Crippen molar-refractivity contribution in [2.24, 2.45) is 0 Å². The zero-order valence-electron chi connectivity index (χ0n) is 10.3. The van der Waals surface area contributed by atoms with Crippen LogP contribution in [0.2, 0.25) is 0 Å². The summed E-state index contributed by atoms with van der Waals surface area (Å²) in [5.41, 5.74) is 1.01. The summed E-state index contributed by atoms with van der Waals surface area (Å²) in [4.78, 5) is 8.89. The van der Waals surface area contributed by atoms with Gasteiger partial charge in [0.15, 0.2) is 0 Å². The molecule has 1 rings (SSSR count). The number of anilines is 1. The van der Waals surface area contributed by atoms with Crippen LogP contribution in [0.1, 0.15) is 51.0 Å². The van der Waals surface area contributed by atoms with Crippen molar-refractivity contribution in [2.45, 2.75) is 39.5 Å². The molecule has 4 nitrogen and oxygen atoms in total. The molecule has 1 heterocycles. The van der Waals surface area contributed by atoms with Crippen molar-refractivity contribution in [3.8, 4) is 6.07 Å². The maximum Gasteiger partial charge on any atom is 0.133 e. The van der Waals surface area contributed by atoms with E-state index in [1.165, 1.54) is 0 Å². The number of hydrogen-bond acceptors (Lipinski definition) is 4. The third-order valence-electron chi connectivity index (χ3n) is 2.22. The summed E-state index contributed by atoms with van der Waals surface area (Å²) >= 11 is 0. The number of nitrogens with zero attached hydrogens (tertiary/aromatic N) is 3. The van der Waals surface area contributed by atoms with Crippen molar-refractivity contribution in [1.82, 2.24) is 9.97 Å². The molecule has 1 N–H and O–H groups in total. The Morgan fingerprint density at radius 1 is 1.25 bits per heavy atom. The van der Waals surface area contributed by atoms with Gasteiger partial charge in [-0.05, 0) is 5.92 Å². The molecule has 1 aromatic rings. The molecule has 0 aliphatic rings. The van der Waals surface area contributed by atoms with Gasteiger partial charge in [0.25, 0.3) is 0 Å². The Balaban J connectivity index is 3.04. The lowest BCUT2D eigenvalue weighted by Gasteiger charge is -2.12. The summed E-state index contributed by atoms with van der Waals surface area (Å²) < 4.78 is 0. The molecule has 0 aliphatic heterocycles. The van der Waals surface area contributed by atoms with Gasteiger partial charge in [0.05, 0.1) is 6.07 Å². The number of nitriles is 1. The zero-order valence-corrected chi connectivity index (χ0v) is 10.3. The lowest BCUT2D eigenvalue weighted by Crippen LogP contribution is -2.08. The molecule has 4 heteroatoms. The molecule has 0 bridgehead atoms. The van der Waals surface area contributed by atoms with Gasteiger partial charge in [-0.1, -0.05) is 27.7 Å². The van der Waals surface area contributed by atoms with Crippen LogP contribution < -0.4 is 5.32 Å². The van der Waals surface area contributed by atoms with Crippen LogP contribution in [-0.2, 0) is 0 Å². The van der Waals surface area contributed by atoms with E-state index in [0.29, 0.717) is 11.8 Å². The minimum Gasteiger partial charge on any atom is -0.357 e. The Kier molecular flexibility index (Phi) is 4.24. The summed E-state index contributed by atoms with van der Waals surface area (Å²) in [6.07, 6.45) is 0. The van der Waals surface area contributed by atoms with Gasteiger partial charge in [0.1, 0.15) is 18.2 Å². The fourth-order valence-electron chi connectivity index (χ4n) is 1.26. The molecule has 16 heavy (non-hydrogen) atoms. The van der Waals surface area contributed by atoms with Gasteiger partial charge >= 0.3 is 0 Å². The highest BCUT2D eigenvalue weighted by Crippen LogP contribution is 2.19. The monoisotopic (exact) mass is 218 g/mol. The third kappa shape index (κ3) is 3.20. The highest BCUT2D eigenvalue weighted by molar-refractivity contribution is 5.38. The highest BCUT2D eigenvalue weighted by Gasteiger charge is 2.09. The molecule has 86 valence electrons. The minimum absolute atomic E-state index is 0.270. The first kappa shape index (κ1) is 12.4. The second-order valence-electron chi connectivity index (χ2n) is 4.36. The largest absolute Gasteiger partial charge is 0.357 e. The van der Waals surface area contributed by atoms with Crippen molar-refractivity contribution in [3.63, 3.8) is 0 Å². The Morgan fingerprint density at radius 3 is 2.44 bits per heavy atom. The molecule has 0 fully saturated rings. The molecule has 0 saturated carbocycles. The second kappa shape index (κ2) is 5.45. The standard InChI is InChI=1S/C12H18N4/c1-8(2)10-7-11(14-6-5-13)16-12(15-10)9(3)4/h7-9H,6H2,1-4H3,(H,14,15,16). The van der Waals surface area contributed by atoms with E-state index in [2.05, 4.69) is 43.0 Å². The van der Waals surface area contributed by atoms with Crippen molar-refractivity contribution in [2.75, 3.05) is 11.9 Å². The predicted molar refractivity (Wildman–Crippen MR) is 64.3 cm³/mol. The number of nitrogens with one attached hydrogen (secondary N) is 1. The van der Waals surface area contributed by atoms with Gasteiger partial charge < -0.3 is 5.32 Å². The lowest BCUT2D eigenvalue weighted by molar-refractivity contribution is 0.731. The van der Waals surface area contributed by atoms with E-state index >= 15 is 0 Å². The molecule has 0 amide bonds. The van der Waals surface area contributed by atoms with Crippen molar-refractivity contribution in [3.05, 3.63) is 17.6 Å². The van der Waals surface area contributed by atoms with E-state index in [0.717, 1.165) is 17.3 Å². The number of hydrogen-bond donors (Lipinski definition) is 1. The summed E-state index contributed by atoms with van der Waals surface area (Å²) in [7, 11) is 0. The lowest BCUT2D eigenvalue weighted by atomic mass is 10.1. The van der Waals surface area contributed by atoms with E-state index in [4.69, 9.17) is 5.26 Å². The van der Waals surface area contributed by atoms with Crippen molar-refractivity contribution >= 4 is 5.82 Å².